The molecule has 0 aromatic heterocycles. The normalized spacial score (nSPS) is 17.7. The molecule has 3 amide bonds. The third-order valence-electron chi connectivity index (χ3n) is 3.19. The van der Waals surface area contributed by atoms with Gasteiger partial charge < -0.3 is 20.6 Å². The van der Waals surface area contributed by atoms with Gasteiger partial charge in [-0.2, -0.15) is 0 Å². The van der Waals surface area contributed by atoms with Gasteiger partial charge in [-0.25, -0.2) is 9.59 Å². The van der Waals surface area contributed by atoms with Gasteiger partial charge in [-0.15, -0.1) is 0 Å². The van der Waals surface area contributed by atoms with Crippen LogP contribution in [0.4, 0.5) is 10.5 Å². The Hall–Kier alpha value is -2.09. The molecule has 8 heteroatoms. The SMILES string of the molecule is CN1CCC(NC(=O)Nc2ccc(Br)cc2C(=O)O)C1=O. The number of carbonyl (C=O) groups is 3. The van der Waals surface area contributed by atoms with Crippen molar-refractivity contribution in [2.45, 2.75) is 12.5 Å². The lowest BCUT2D eigenvalue weighted by Crippen LogP contribution is -2.42. The van der Waals surface area contributed by atoms with Crippen molar-refractivity contribution in [2.24, 2.45) is 0 Å². The standard InChI is InChI=1S/C13H14BrN3O4/c1-17-5-4-10(11(17)18)16-13(21)15-9-3-2-7(14)6-8(9)12(19)20/h2-3,6,10H,4-5H2,1H3,(H,19,20)(H2,15,16,21). The Morgan fingerprint density at radius 2 is 2.14 bits per heavy atom. The van der Waals surface area contributed by atoms with E-state index in [1.54, 1.807) is 13.1 Å². The van der Waals surface area contributed by atoms with Gasteiger partial charge in [-0.05, 0) is 24.6 Å². The average Bonchev–Trinajstić information content (AvgIpc) is 2.72. The Kier molecular flexibility index (Phi) is 4.46. The third kappa shape index (κ3) is 3.52. The highest BCUT2D eigenvalue weighted by molar-refractivity contribution is 9.10. The number of nitrogens with one attached hydrogen (secondary N) is 2. The number of urea groups is 1. The number of hydrogen-bond donors (Lipinski definition) is 3. The second kappa shape index (κ2) is 6.13. The van der Waals surface area contributed by atoms with E-state index >= 15 is 0 Å². The molecule has 1 heterocycles. The minimum absolute atomic E-state index is 0.0330. The number of hydrogen-bond acceptors (Lipinski definition) is 3. The van der Waals surface area contributed by atoms with E-state index < -0.39 is 18.0 Å². The summed E-state index contributed by atoms with van der Waals surface area (Å²) in [5.41, 5.74) is 0.136. The number of nitrogens with zero attached hydrogens (tertiary/aromatic N) is 1. The Labute approximate surface area is 129 Å². The van der Waals surface area contributed by atoms with Crippen LogP contribution in [0.1, 0.15) is 16.8 Å². The molecule has 21 heavy (non-hydrogen) atoms. The van der Waals surface area contributed by atoms with E-state index in [9.17, 15) is 14.4 Å². The minimum Gasteiger partial charge on any atom is -0.478 e. The largest absolute Gasteiger partial charge is 0.478 e. The van der Waals surface area contributed by atoms with Gasteiger partial charge in [-0.3, -0.25) is 4.79 Å². The van der Waals surface area contributed by atoms with Crippen LogP contribution >= 0.6 is 15.9 Å². The Bertz CT molecular complexity index is 605. The number of likely N-dealkylation sites (tertiary alicyclic amines) is 1. The number of carboxylic acid groups (broad SMARTS) is 1. The van der Waals surface area contributed by atoms with Gasteiger partial charge in [0, 0.05) is 18.1 Å². The lowest BCUT2D eigenvalue weighted by Gasteiger charge is -2.14. The highest BCUT2D eigenvalue weighted by Gasteiger charge is 2.30. The Morgan fingerprint density at radius 3 is 2.71 bits per heavy atom. The summed E-state index contributed by atoms with van der Waals surface area (Å²) in [6.07, 6.45) is 0.537. The van der Waals surface area contributed by atoms with Gasteiger partial charge in [0.15, 0.2) is 0 Å². The maximum atomic E-state index is 11.9. The van der Waals surface area contributed by atoms with Crippen LogP contribution in [0.5, 0.6) is 0 Å². The molecular formula is C13H14BrN3O4. The maximum Gasteiger partial charge on any atom is 0.337 e. The smallest absolute Gasteiger partial charge is 0.337 e. The van der Waals surface area contributed by atoms with Crippen molar-refractivity contribution in [3.63, 3.8) is 0 Å². The molecule has 1 aromatic carbocycles. The number of halogens is 1. The van der Waals surface area contributed by atoms with Crippen molar-refractivity contribution >= 4 is 39.5 Å². The molecule has 1 aliphatic heterocycles. The number of amides is 3. The predicted molar refractivity (Wildman–Crippen MR) is 79.3 cm³/mol. The quantitative estimate of drug-likeness (QED) is 0.764. The molecule has 112 valence electrons. The Balaban J connectivity index is 2.06. The van der Waals surface area contributed by atoms with E-state index in [0.29, 0.717) is 17.4 Å². The summed E-state index contributed by atoms with van der Waals surface area (Å²) in [6.45, 7) is 0.586. The molecule has 0 bridgehead atoms. The van der Waals surface area contributed by atoms with E-state index in [2.05, 4.69) is 26.6 Å². The fourth-order valence-electron chi connectivity index (χ4n) is 2.08. The molecule has 3 N–H and O–H groups in total. The second-order valence-corrected chi connectivity index (χ2v) is 5.61. The third-order valence-corrected chi connectivity index (χ3v) is 3.69. The van der Waals surface area contributed by atoms with Crippen LogP contribution in [0.15, 0.2) is 22.7 Å². The fraction of sp³-hybridized carbons (Fsp3) is 0.308. The number of benzene rings is 1. The summed E-state index contributed by atoms with van der Waals surface area (Å²) in [7, 11) is 1.67. The average molecular weight is 356 g/mol. The second-order valence-electron chi connectivity index (χ2n) is 4.69. The molecule has 1 aliphatic rings. The highest BCUT2D eigenvalue weighted by atomic mass is 79.9. The van der Waals surface area contributed by atoms with Crippen LogP contribution < -0.4 is 10.6 Å². The number of anilines is 1. The summed E-state index contributed by atoms with van der Waals surface area (Å²) in [4.78, 5) is 36.3. The van der Waals surface area contributed by atoms with Crippen molar-refractivity contribution < 1.29 is 19.5 Å². The summed E-state index contributed by atoms with van der Waals surface area (Å²) in [5.74, 6) is -1.30. The first-order valence-electron chi connectivity index (χ1n) is 6.24. The summed E-state index contributed by atoms with van der Waals surface area (Å²) in [6, 6.07) is 3.32. The molecule has 1 saturated heterocycles. The van der Waals surface area contributed by atoms with E-state index in [1.807, 2.05) is 0 Å². The molecule has 0 saturated carbocycles. The predicted octanol–water partition coefficient (Wildman–Crippen LogP) is 1.50. The van der Waals surface area contributed by atoms with Crippen molar-refractivity contribution in [1.29, 1.82) is 0 Å². The topological polar surface area (TPSA) is 98.7 Å². The summed E-state index contributed by atoms with van der Waals surface area (Å²) in [5, 5.41) is 14.1. The van der Waals surface area contributed by atoms with E-state index in [0.717, 1.165) is 0 Å². The molecule has 1 unspecified atom stereocenters. The lowest BCUT2D eigenvalue weighted by molar-refractivity contribution is -0.128. The van der Waals surface area contributed by atoms with Crippen LogP contribution in [-0.4, -0.2) is 47.5 Å². The number of aromatic carboxylic acids is 1. The molecule has 1 fully saturated rings. The lowest BCUT2D eigenvalue weighted by atomic mass is 10.2. The van der Waals surface area contributed by atoms with Gasteiger partial charge in [0.25, 0.3) is 0 Å². The molecule has 0 spiro atoms. The molecule has 2 rings (SSSR count). The van der Waals surface area contributed by atoms with Gasteiger partial charge in [0.2, 0.25) is 5.91 Å². The van der Waals surface area contributed by atoms with Gasteiger partial charge in [0.05, 0.1) is 11.3 Å². The number of carbonyl (C=O) groups excluding carboxylic acids is 2. The number of likely N-dealkylation sites (N-methyl/N-ethyl adjacent to an activating group) is 1. The zero-order chi connectivity index (χ0) is 15.6. The van der Waals surface area contributed by atoms with Crippen molar-refractivity contribution in [1.82, 2.24) is 10.2 Å². The van der Waals surface area contributed by atoms with Crippen molar-refractivity contribution in [3.05, 3.63) is 28.2 Å². The van der Waals surface area contributed by atoms with E-state index in [1.165, 1.54) is 17.0 Å². The maximum absolute atomic E-state index is 11.9. The van der Waals surface area contributed by atoms with Gasteiger partial charge in [-0.1, -0.05) is 15.9 Å². The van der Waals surface area contributed by atoms with Crippen LogP contribution in [-0.2, 0) is 4.79 Å². The van der Waals surface area contributed by atoms with Gasteiger partial charge >= 0.3 is 12.0 Å². The van der Waals surface area contributed by atoms with E-state index in [-0.39, 0.29) is 17.2 Å². The van der Waals surface area contributed by atoms with Crippen molar-refractivity contribution in [2.75, 3.05) is 18.9 Å². The fourth-order valence-corrected chi connectivity index (χ4v) is 2.44. The van der Waals surface area contributed by atoms with Crippen molar-refractivity contribution in [3.8, 4) is 0 Å². The minimum atomic E-state index is -1.15. The van der Waals surface area contributed by atoms with Crippen LogP contribution in [0.2, 0.25) is 0 Å². The molecule has 1 aromatic rings. The summed E-state index contributed by atoms with van der Waals surface area (Å²) >= 11 is 3.17. The number of rotatable bonds is 3. The molecular weight excluding hydrogens is 342 g/mol. The van der Waals surface area contributed by atoms with Crippen LogP contribution in [0.3, 0.4) is 0 Å². The van der Waals surface area contributed by atoms with Crippen LogP contribution in [0, 0.1) is 0 Å². The Morgan fingerprint density at radius 1 is 1.43 bits per heavy atom. The van der Waals surface area contributed by atoms with Gasteiger partial charge in [0.1, 0.15) is 6.04 Å². The zero-order valence-electron chi connectivity index (χ0n) is 11.2. The van der Waals surface area contributed by atoms with E-state index in [4.69, 9.17) is 5.11 Å². The monoisotopic (exact) mass is 355 g/mol. The highest BCUT2D eigenvalue weighted by Crippen LogP contribution is 2.21. The molecule has 7 nitrogen and oxygen atoms in total. The zero-order valence-corrected chi connectivity index (χ0v) is 12.8. The summed E-state index contributed by atoms with van der Waals surface area (Å²) < 4.78 is 0.596. The molecule has 0 radical (unpaired) electrons. The molecule has 0 aliphatic carbocycles. The first-order chi connectivity index (χ1) is 9.88. The molecule has 1 atom stereocenters. The van der Waals surface area contributed by atoms with Crippen LogP contribution in [0.25, 0.3) is 0 Å². The first kappa shape index (κ1) is 15.3. The first-order valence-corrected chi connectivity index (χ1v) is 7.03. The number of carboxylic acids is 1.